The van der Waals surface area contributed by atoms with Gasteiger partial charge in [0.1, 0.15) is 5.82 Å². The Morgan fingerprint density at radius 1 is 1.23 bits per heavy atom. The molecule has 0 bridgehead atoms. The molecule has 120 valence electrons. The molecular weight excluding hydrogens is 283 g/mol. The van der Waals surface area contributed by atoms with Crippen molar-refractivity contribution in [3.05, 3.63) is 35.6 Å². The third-order valence-corrected chi connectivity index (χ3v) is 4.70. The summed E-state index contributed by atoms with van der Waals surface area (Å²) in [5.41, 5.74) is 0.0946. The molecule has 1 saturated carbocycles. The molecule has 0 unspecified atom stereocenters. The van der Waals surface area contributed by atoms with Crippen LogP contribution < -0.4 is 5.32 Å². The Balaban J connectivity index is 1.71. The predicted octanol–water partition coefficient (Wildman–Crippen LogP) is 2.04. The van der Waals surface area contributed by atoms with Crippen LogP contribution in [0.25, 0.3) is 0 Å². The van der Waals surface area contributed by atoms with Gasteiger partial charge in [-0.05, 0) is 18.9 Å². The fourth-order valence-corrected chi connectivity index (χ4v) is 3.56. The number of benzene rings is 1. The molecule has 0 atom stereocenters. The van der Waals surface area contributed by atoms with Crippen molar-refractivity contribution < 1.29 is 13.9 Å². The molecule has 1 aliphatic carbocycles. The summed E-state index contributed by atoms with van der Waals surface area (Å²) in [6, 6.07) is 6.81. The summed E-state index contributed by atoms with van der Waals surface area (Å²) >= 11 is 0. The molecule has 22 heavy (non-hydrogen) atoms. The molecule has 2 aliphatic rings. The molecule has 1 saturated heterocycles. The van der Waals surface area contributed by atoms with Gasteiger partial charge in [0.15, 0.2) is 0 Å². The maximum atomic E-state index is 14.2. The van der Waals surface area contributed by atoms with Crippen LogP contribution in [-0.4, -0.2) is 43.7 Å². The van der Waals surface area contributed by atoms with E-state index in [-0.39, 0.29) is 11.7 Å². The van der Waals surface area contributed by atoms with E-state index < -0.39 is 5.54 Å². The minimum atomic E-state index is -0.533. The third-order valence-electron chi connectivity index (χ3n) is 4.70. The van der Waals surface area contributed by atoms with E-state index >= 15 is 0 Å². The second kappa shape index (κ2) is 6.75. The highest BCUT2D eigenvalue weighted by Gasteiger charge is 2.39. The van der Waals surface area contributed by atoms with Crippen molar-refractivity contribution in [3.63, 3.8) is 0 Å². The van der Waals surface area contributed by atoms with Crippen molar-refractivity contribution in [1.82, 2.24) is 10.2 Å². The van der Waals surface area contributed by atoms with Crippen molar-refractivity contribution in [2.75, 3.05) is 32.8 Å². The normalized spacial score (nSPS) is 21.7. The molecule has 1 aliphatic heterocycles. The van der Waals surface area contributed by atoms with E-state index in [1.54, 1.807) is 12.1 Å². The van der Waals surface area contributed by atoms with Crippen LogP contribution in [-0.2, 0) is 15.1 Å². The van der Waals surface area contributed by atoms with E-state index in [4.69, 9.17) is 4.74 Å². The van der Waals surface area contributed by atoms with Gasteiger partial charge in [-0.15, -0.1) is 0 Å². The summed E-state index contributed by atoms with van der Waals surface area (Å²) in [5, 5.41) is 3.14. The maximum absolute atomic E-state index is 14.2. The van der Waals surface area contributed by atoms with Gasteiger partial charge in [0, 0.05) is 18.7 Å². The number of hydrogen-bond acceptors (Lipinski definition) is 3. The second-order valence-corrected chi connectivity index (χ2v) is 6.21. The van der Waals surface area contributed by atoms with Gasteiger partial charge in [-0.2, -0.15) is 0 Å². The molecule has 4 nitrogen and oxygen atoms in total. The van der Waals surface area contributed by atoms with E-state index in [2.05, 4.69) is 10.2 Å². The summed E-state index contributed by atoms with van der Waals surface area (Å²) in [6.07, 6.45) is 3.66. The van der Waals surface area contributed by atoms with Crippen LogP contribution in [0.1, 0.15) is 31.2 Å². The molecule has 3 rings (SSSR count). The van der Waals surface area contributed by atoms with Crippen LogP contribution >= 0.6 is 0 Å². The molecule has 0 spiro atoms. The molecule has 5 heteroatoms. The van der Waals surface area contributed by atoms with E-state index in [1.807, 2.05) is 6.07 Å². The first-order valence-electron chi connectivity index (χ1n) is 8.06. The second-order valence-electron chi connectivity index (χ2n) is 6.21. The summed E-state index contributed by atoms with van der Waals surface area (Å²) in [7, 11) is 0. The van der Waals surface area contributed by atoms with Crippen molar-refractivity contribution in [3.8, 4) is 0 Å². The molecule has 1 heterocycles. The standard InChI is InChI=1S/C17H23FN2O2/c18-15-6-2-1-5-14(15)17(7-3-4-8-17)19-16(21)13-20-9-11-22-12-10-20/h1-2,5-6H,3-4,7-13H2,(H,19,21). The van der Waals surface area contributed by atoms with Crippen LogP contribution in [0.5, 0.6) is 0 Å². The monoisotopic (exact) mass is 306 g/mol. The highest BCUT2D eigenvalue weighted by atomic mass is 19.1. The van der Waals surface area contributed by atoms with Crippen LogP contribution in [0.4, 0.5) is 4.39 Å². The first kappa shape index (κ1) is 15.4. The minimum Gasteiger partial charge on any atom is -0.379 e. The molecule has 1 N–H and O–H groups in total. The molecule has 0 radical (unpaired) electrons. The lowest BCUT2D eigenvalue weighted by molar-refractivity contribution is -0.125. The van der Waals surface area contributed by atoms with Gasteiger partial charge in [0.05, 0.1) is 25.3 Å². The van der Waals surface area contributed by atoms with Crippen LogP contribution in [0, 0.1) is 5.82 Å². The van der Waals surface area contributed by atoms with Crippen LogP contribution in [0.15, 0.2) is 24.3 Å². The summed E-state index contributed by atoms with van der Waals surface area (Å²) < 4.78 is 19.5. The summed E-state index contributed by atoms with van der Waals surface area (Å²) in [5.74, 6) is -0.247. The Bertz CT molecular complexity index is 523. The largest absolute Gasteiger partial charge is 0.379 e. The fourth-order valence-electron chi connectivity index (χ4n) is 3.56. The lowest BCUT2D eigenvalue weighted by atomic mass is 9.87. The number of nitrogens with zero attached hydrogens (tertiary/aromatic N) is 1. The Hall–Kier alpha value is -1.46. The number of ether oxygens (including phenoxy) is 1. The molecule has 1 aromatic rings. The van der Waals surface area contributed by atoms with E-state index in [9.17, 15) is 9.18 Å². The van der Waals surface area contributed by atoms with Gasteiger partial charge in [-0.25, -0.2) is 4.39 Å². The van der Waals surface area contributed by atoms with E-state index in [0.29, 0.717) is 25.3 Å². The average Bonchev–Trinajstić information content (AvgIpc) is 2.98. The average molecular weight is 306 g/mol. The summed E-state index contributed by atoms with van der Waals surface area (Å²) in [6.45, 7) is 3.26. The quantitative estimate of drug-likeness (QED) is 0.925. The Morgan fingerprint density at radius 2 is 1.91 bits per heavy atom. The number of hydrogen-bond donors (Lipinski definition) is 1. The molecule has 1 amide bonds. The minimum absolute atomic E-state index is 0.0212. The van der Waals surface area contributed by atoms with Crippen LogP contribution in [0.3, 0.4) is 0 Å². The number of rotatable bonds is 4. The molecular formula is C17H23FN2O2. The number of carbonyl (C=O) groups is 1. The van der Waals surface area contributed by atoms with Gasteiger partial charge < -0.3 is 10.1 Å². The number of nitrogens with one attached hydrogen (secondary N) is 1. The van der Waals surface area contributed by atoms with Gasteiger partial charge in [0.2, 0.25) is 5.91 Å². The van der Waals surface area contributed by atoms with Crippen LogP contribution in [0.2, 0.25) is 0 Å². The Labute approximate surface area is 130 Å². The zero-order valence-corrected chi connectivity index (χ0v) is 12.8. The highest BCUT2D eigenvalue weighted by Crippen LogP contribution is 2.39. The first-order valence-corrected chi connectivity index (χ1v) is 8.06. The van der Waals surface area contributed by atoms with Gasteiger partial charge in [-0.3, -0.25) is 9.69 Å². The zero-order valence-electron chi connectivity index (χ0n) is 12.8. The first-order chi connectivity index (χ1) is 10.7. The summed E-state index contributed by atoms with van der Waals surface area (Å²) in [4.78, 5) is 14.5. The number of amides is 1. The molecule has 2 fully saturated rings. The van der Waals surface area contributed by atoms with Gasteiger partial charge in [-0.1, -0.05) is 31.0 Å². The van der Waals surface area contributed by atoms with Crippen molar-refractivity contribution in [2.24, 2.45) is 0 Å². The number of halogens is 1. The third kappa shape index (κ3) is 3.31. The smallest absolute Gasteiger partial charge is 0.234 e. The van der Waals surface area contributed by atoms with Crippen molar-refractivity contribution >= 4 is 5.91 Å². The highest BCUT2D eigenvalue weighted by molar-refractivity contribution is 5.79. The Morgan fingerprint density at radius 3 is 2.59 bits per heavy atom. The lowest BCUT2D eigenvalue weighted by Gasteiger charge is -2.33. The fraction of sp³-hybridized carbons (Fsp3) is 0.588. The number of morpholine rings is 1. The number of carbonyl (C=O) groups excluding carboxylic acids is 1. The van der Waals surface area contributed by atoms with E-state index in [0.717, 1.165) is 38.8 Å². The maximum Gasteiger partial charge on any atom is 0.234 e. The van der Waals surface area contributed by atoms with Crippen molar-refractivity contribution in [1.29, 1.82) is 0 Å². The molecule has 1 aromatic carbocycles. The molecule has 0 aromatic heterocycles. The lowest BCUT2D eigenvalue weighted by Crippen LogP contribution is -2.50. The topological polar surface area (TPSA) is 41.6 Å². The van der Waals surface area contributed by atoms with Crippen molar-refractivity contribution in [2.45, 2.75) is 31.2 Å². The SMILES string of the molecule is O=C(CN1CCOCC1)NC1(c2ccccc2F)CCCC1. The zero-order chi connectivity index (χ0) is 15.4. The van der Waals surface area contributed by atoms with E-state index in [1.165, 1.54) is 6.07 Å². The predicted molar refractivity (Wildman–Crippen MR) is 81.9 cm³/mol. The van der Waals surface area contributed by atoms with Gasteiger partial charge in [0.25, 0.3) is 0 Å². The Kier molecular flexibility index (Phi) is 4.74. The van der Waals surface area contributed by atoms with Gasteiger partial charge >= 0.3 is 0 Å².